The van der Waals surface area contributed by atoms with Crippen LogP contribution in [0.4, 0.5) is 5.82 Å². The molecule has 54 valence electrons. The standard InChI is InChI=1S/C6H9N3O/c1-7-6-3-5(10-2)4-8-9-6/h3-4H,1-2H3,(H,7,9). The molecule has 0 radical (unpaired) electrons. The fourth-order valence-corrected chi connectivity index (χ4v) is 0.583. The van der Waals surface area contributed by atoms with Crippen molar-refractivity contribution in [2.24, 2.45) is 0 Å². The second-order valence-corrected chi connectivity index (χ2v) is 1.73. The van der Waals surface area contributed by atoms with E-state index in [1.165, 1.54) is 0 Å². The number of aromatic nitrogens is 2. The molecule has 0 unspecified atom stereocenters. The first-order valence-corrected chi connectivity index (χ1v) is 2.91. The van der Waals surface area contributed by atoms with Gasteiger partial charge in [-0.05, 0) is 0 Å². The summed E-state index contributed by atoms with van der Waals surface area (Å²) in [5, 5.41) is 10.3. The van der Waals surface area contributed by atoms with Crippen LogP contribution in [0.2, 0.25) is 0 Å². The molecule has 1 aromatic rings. The van der Waals surface area contributed by atoms with Gasteiger partial charge in [-0.2, -0.15) is 5.10 Å². The smallest absolute Gasteiger partial charge is 0.152 e. The molecule has 0 aromatic carbocycles. The summed E-state index contributed by atoms with van der Waals surface area (Å²) in [5.41, 5.74) is 0. The van der Waals surface area contributed by atoms with E-state index in [0.717, 1.165) is 0 Å². The first-order valence-electron chi connectivity index (χ1n) is 2.91. The van der Waals surface area contributed by atoms with Crippen molar-refractivity contribution >= 4 is 5.82 Å². The summed E-state index contributed by atoms with van der Waals surface area (Å²) in [6.45, 7) is 0. The number of anilines is 1. The first-order chi connectivity index (χ1) is 4.86. The maximum absolute atomic E-state index is 4.91. The van der Waals surface area contributed by atoms with Gasteiger partial charge in [-0.1, -0.05) is 0 Å². The van der Waals surface area contributed by atoms with E-state index in [0.29, 0.717) is 11.6 Å². The van der Waals surface area contributed by atoms with Crippen molar-refractivity contribution in [3.8, 4) is 5.75 Å². The second-order valence-electron chi connectivity index (χ2n) is 1.73. The highest BCUT2D eigenvalue weighted by atomic mass is 16.5. The lowest BCUT2D eigenvalue weighted by molar-refractivity contribution is 0.412. The fraction of sp³-hybridized carbons (Fsp3) is 0.333. The molecule has 0 bridgehead atoms. The van der Waals surface area contributed by atoms with Crippen molar-refractivity contribution < 1.29 is 4.74 Å². The van der Waals surface area contributed by atoms with Gasteiger partial charge in [-0.25, -0.2) is 0 Å². The zero-order valence-corrected chi connectivity index (χ0v) is 5.96. The van der Waals surface area contributed by atoms with E-state index >= 15 is 0 Å². The third kappa shape index (κ3) is 1.34. The van der Waals surface area contributed by atoms with Gasteiger partial charge in [0.2, 0.25) is 0 Å². The lowest BCUT2D eigenvalue weighted by Gasteiger charge is -1.99. The normalized spacial score (nSPS) is 9.00. The second kappa shape index (κ2) is 3.00. The van der Waals surface area contributed by atoms with E-state index in [1.54, 1.807) is 26.4 Å². The molecule has 4 nitrogen and oxygen atoms in total. The van der Waals surface area contributed by atoms with Crippen molar-refractivity contribution in [1.29, 1.82) is 0 Å². The summed E-state index contributed by atoms with van der Waals surface area (Å²) in [7, 11) is 3.37. The zero-order valence-electron chi connectivity index (χ0n) is 5.96. The number of rotatable bonds is 2. The van der Waals surface area contributed by atoms with E-state index in [4.69, 9.17) is 4.74 Å². The van der Waals surface area contributed by atoms with Gasteiger partial charge in [0.15, 0.2) is 5.82 Å². The molecule has 4 heteroatoms. The van der Waals surface area contributed by atoms with Crippen LogP contribution in [-0.2, 0) is 0 Å². The van der Waals surface area contributed by atoms with Gasteiger partial charge < -0.3 is 10.1 Å². The van der Waals surface area contributed by atoms with Gasteiger partial charge in [-0.15, -0.1) is 5.10 Å². The average molecular weight is 139 g/mol. The maximum Gasteiger partial charge on any atom is 0.152 e. The summed E-state index contributed by atoms with van der Waals surface area (Å²) in [4.78, 5) is 0. The van der Waals surface area contributed by atoms with E-state index in [1.807, 2.05) is 0 Å². The Hall–Kier alpha value is -1.32. The lowest BCUT2D eigenvalue weighted by atomic mass is 10.5. The van der Waals surface area contributed by atoms with E-state index < -0.39 is 0 Å². The molecule has 1 rings (SSSR count). The molecule has 0 amide bonds. The average Bonchev–Trinajstić information content (AvgIpc) is 2.05. The van der Waals surface area contributed by atoms with Gasteiger partial charge in [0, 0.05) is 13.1 Å². The van der Waals surface area contributed by atoms with E-state index in [-0.39, 0.29) is 0 Å². The van der Waals surface area contributed by atoms with Crippen LogP contribution in [0.5, 0.6) is 5.75 Å². The van der Waals surface area contributed by atoms with Crippen LogP contribution >= 0.6 is 0 Å². The SMILES string of the molecule is CNc1cc(OC)cnn1. The molecule has 0 saturated carbocycles. The summed E-state index contributed by atoms with van der Waals surface area (Å²) in [5.74, 6) is 1.42. The van der Waals surface area contributed by atoms with Gasteiger partial charge in [0.05, 0.1) is 13.3 Å². The summed E-state index contributed by atoms with van der Waals surface area (Å²) in [6, 6.07) is 1.77. The summed E-state index contributed by atoms with van der Waals surface area (Å²) in [6.07, 6.45) is 1.56. The van der Waals surface area contributed by atoms with E-state index in [2.05, 4.69) is 15.5 Å². The van der Waals surface area contributed by atoms with Crippen LogP contribution in [-0.4, -0.2) is 24.4 Å². The quantitative estimate of drug-likeness (QED) is 0.649. The molecule has 10 heavy (non-hydrogen) atoms. The molecule has 0 aliphatic heterocycles. The van der Waals surface area contributed by atoms with Crippen LogP contribution in [0.3, 0.4) is 0 Å². The third-order valence-electron chi connectivity index (χ3n) is 1.12. The predicted molar refractivity (Wildman–Crippen MR) is 38.1 cm³/mol. The van der Waals surface area contributed by atoms with Crippen molar-refractivity contribution in [1.82, 2.24) is 10.2 Å². The zero-order chi connectivity index (χ0) is 7.40. The van der Waals surface area contributed by atoms with Crippen molar-refractivity contribution in [2.45, 2.75) is 0 Å². The molecule has 0 atom stereocenters. The van der Waals surface area contributed by atoms with Crippen molar-refractivity contribution in [3.63, 3.8) is 0 Å². The number of nitrogens with one attached hydrogen (secondary N) is 1. The fourth-order valence-electron chi connectivity index (χ4n) is 0.583. The largest absolute Gasteiger partial charge is 0.495 e. The molecular formula is C6H9N3O. The Morgan fingerprint density at radius 2 is 2.40 bits per heavy atom. The van der Waals surface area contributed by atoms with Crippen LogP contribution in [0.1, 0.15) is 0 Å². The minimum atomic E-state index is 0.708. The molecule has 1 heterocycles. The van der Waals surface area contributed by atoms with Gasteiger partial charge >= 0.3 is 0 Å². The predicted octanol–water partition coefficient (Wildman–Crippen LogP) is 0.527. The lowest BCUT2D eigenvalue weighted by Crippen LogP contribution is -1.94. The van der Waals surface area contributed by atoms with Crippen molar-refractivity contribution in [3.05, 3.63) is 12.3 Å². The Bertz CT molecular complexity index is 195. The third-order valence-corrected chi connectivity index (χ3v) is 1.12. The minimum absolute atomic E-state index is 0.708. The van der Waals surface area contributed by atoms with Gasteiger partial charge in [0.25, 0.3) is 0 Å². The van der Waals surface area contributed by atoms with Crippen molar-refractivity contribution in [2.75, 3.05) is 19.5 Å². The van der Waals surface area contributed by atoms with Crippen LogP contribution in [0.15, 0.2) is 12.3 Å². The van der Waals surface area contributed by atoms with Crippen LogP contribution in [0.25, 0.3) is 0 Å². The van der Waals surface area contributed by atoms with Gasteiger partial charge in [-0.3, -0.25) is 0 Å². The molecule has 1 N–H and O–H groups in total. The number of methoxy groups -OCH3 is 1. The van der Waals surface area contributed by atoms with Crippen LogP contribution < -0.4 is 10.1 Å². The molecule has 0 aliphatic carbocycles. The molecule has 0 fully saturated rings. The summed E-state index contributed by atoms with van der Waals surface area (Å²) >= 11 is 0. The molecule has 0 aliphatic rings. The number of ether oxygens (including phenoxy) is 1. The molecule has 0 spiro atoms. The van der Waals surface area contributed by atoms with Crippen LogP contribution in [0, 0.1) is 0 Å². The molecule has 0 saturated heterocycles. The van der Waals surface area contributed by atoms with Gasteiger partial charge in [0.1, 0.15) is 5.75 Å². The Morgan fingerprint density at radius 3 is 3.00 bits per heavy atom. The Balaban J connectivity index is 2.87. The molecule has 1 aromatic heterocycles. The monoisotopic (exact) mass is 139 g/mol. The summed E-state index contributed by atoms with van der Waals surface area (Å²) < 4.78 is 4.91. The highest BCUT2D eigenvalue weighted by Crippen LogP contribution is 2.10. The highest BCUT2D eigenvalue weighted by Gasteiger charge is 1.92. The topological polar surface area (TPSA) is 47.0 Å². The Kier molecular flexibility index (Phi) is 2.04. The Labute approximate surface area is 59.2 Å². The highest BCUT2D eigenvalue weighted by molar-refractivity contribution is 5.37. The first kappa shape index (κ1) is 6.80. The number of nitrogens with zero attached hydrogens (tertiary/aromatic N) is 2. The minimum Gasteiger partial charge on any atom is -0.495 e. The maximum atomic E-state index is 4.91. The Morgan fingerprint density at radius 1 is 1.60 bits per heavy atom. The number of hydrogen-bond acceptors (Lipinski definition) is 4. The molecular weight excluding hydrogens is 130 g/mol. The van der Waals surface area contributed by atoms with E-state index in [9.17, 15) is 0 Å². The number of hydrogen-bond donors (Lipinski definition) is 1.